The average Bonchev–Trinajstić information content (AvgIpc) is 2.89. The van der Waals surface area contributed by atoms with Gasteiger partial charge in [0, 0.05) is 11.9 Å². The lowest BCUT2D eigenvalue weighted by atomic mass is 9.89. The third kappa shape index (κ3) is 3.14. The Morgan fingerprint density at radius 3 is 2.63 bits per heavy atom. The number of hydrogen-bond donors (Lipinski definition) is 1. The highest BCUT2D eigenvalue weighted by atomic mass is 79.9. The number of benzene rings is 1. The molecule has 2 nitrogen and oxygen atoms in total. The van der Waals surface area contributed by atoms with Crippen molar-refractivity contribution < 1.29 is 13.6 Å². The highest BCUT2D eigenvalue weighted by Gasteiger charge is 2.33. The Balaban J connectivity index is 2.03. The van der Waals surface area contributed by atoms with Crippen LogP contribution in [0.1, 0.15) is 36.0 Å². The molecule has 0 unspecified atom stereocenters. The molecule has 0 saturated heterocycles. The minimum absolute atomic E-state index is 0.0550. The van der Waals surface area contributed by atoms with Gasteiger partial charge in [0.2, 0.25) is 0 Å². The van der Waals surface area contributed by atoms with Gasteiger partial charge in [-0.05, 0) is 30.4 Å². The highest BCUT2D eigenvalue weighted by Crippen LogP contribution is 2.39. The van der Waals surface area contributed by atoms with Crippen molar-refractivity contribution in [3.63, 3.8) is 0 Å². The fourth-order valence-corrected chi connectivity index (χ4v) is 3.28. The monoisotopic (exact) mass is 331 g/mol. The topological polar surface area (TPSA) is 29.1 Å². The van der Waals surface area contributed by atoms with Gasteiger partial charge in [-0.25, -0.2) is 8.78 Å². The molecule has 104 valence electrons. The van der Waals surface area contributed by atoms with Gasteiger partial charge in [0.15, 0.2) is 11.6 Å². The minimum Gasteiger partial charge on any atom is -0.351 e. The second-order valence-corrected chi connectivity index (χ2v) is 5.69. The molecular formula is C14H16BrF2NO. The van der Waals surface area contributed by atoms with Crippen LogP contribution in [-0.4, -0.2) is 17.8 Å². The summed E-state index contributed by atoms with van der Waals surface area (Å²) in [5.74, 6) is -2.63. The van der Waals surface area contributed by atoms with Crippen LogP contribution >= 0.6 is 15.9 Å². The number of amides is 1. The zero-order valence-corrected chi connectivity index (χ0v) is 12.1. The molecule has 0 atom stereocenters. The number of halogens is 3. The van der Waals surface area contributed by atoms with Crippen LogP contribution in [0.15, 0.2) is 18.2 Å². The zero-order valence-electron chi connectivity index (χ0n) is 10.5. The Morgan fingerprint density at radius 1 is 1.32 bits per heavy atom. The van der Waals surface area contributed by atoms with Crippen molar-refractivity contribution in [3.8, 4) is 0 Å². The smallest absolute Gasteiger partial charge is 0.254 e. The first-order chi connectivity index (χ1) is 9.08. The van der Waals surface area contributed by atoms with Crippen LogP contribution in [0, 0.1) is 17.0 Å². The molecule has 0 aromatic heterocycles. The maximum atomic E-state index is 13.5. The van der Waals surface area contributed by atoms with Gasteiger partial charge in [-0.15, -0.1) is 0 Å². The third-order valence-electron chi connectivity index (χ3n) is 3.77. The molecule has 1 fully saturated rings. The second kappa shape index (κ2) is 5.99. The van der Waals surface area contributed by atoms with E-state index in [0.29, 0.717) is 6.54 Å². The van der Waals surface area contributed by atoms with Gasteiger partial charge in [-0.2, -0.15) is 0 Å². The van der Waals surface area contributed by atoms with E-state index in [4.69, 9.17) is 0 Å². The Kier molecular flexibility index (Phi) is 4.55. The van der Waals surface area contributed by atoms with Crippen LogP contribution in [0.25, 0.3) is 0 Å². The van der Waals surface area contributed by atoms with E-state index in [2.05, 4.69) is 21.2 Å². The molecular weight excluding hydrogens is 316 g/mol. The van der Waals surface area contributed by atoms with E-state index >= 15 is 0 Å². The summed E-state index contributed by atoms with van der Waals surface area (Å²) in [5, 5.41) is 3.54. The van der Waals surface area contributed by atoms with E-state index in [-0.39, 0.29) is 11.0 Å². The Bertz CT molecular complexity index is 473. The maximum absolute atomic E-state index is 13.5. The predicted molar refractivity (Wildman–Crippen MR) is 73.4 cm³/mol. The van der Waals surface area contributed by atoms with Crippen molar-refractivity contribution >= 4 is 21.8 Å². The summed E-state index contributed by atoms with van der Waals surface area (Å²) < 4.78 is 26.5. The highest BCUT2D eigenvalue weighted by molar-refractivity contribution is 9.09. The van der Waals surface area contributed by atoms with Gasteiger partial charge < -0.3 is 5.32 Å². The van der Waals surface area contributed by atoms with Gasteiger partial charge in [-0.1, -0.05) is 34.8 Å². The van der Waals surface area contributed by atoms with Gasteiger partial charge >= 0.3 is 0 Å². The quantitative estimate of drug-likeness (QED) is 0.838. The lowest BCUT2D eigenvalue weighted by Gasteiger charge is -2.26. The summed E-state index contributed by atoms with van der Waals surface area (Å²) in [6.07, 6.45) is 4.39. The first-order valence-corrected chi connectivity index (χ1v) is 7.48. The van der Waals surface area contributed by atoms with Crippen molar-refractivity contribution in [3.05, 3.63) is 35.4 Å². The summed E-state index contributed by atoms with van der Waals surface area (Å²) in [6.45, 7) is 0.493. The molecule has 1 aromatic rings. The molecule has 0 radical (unpaired) electrons. The zero-order chi connectivity index (χ0) is 13.9. The van der Waals surface area contributed by atoms with Crippen molar-refractivity contribution in [1.82, 2.24) is 5.32 Å². The van der Waals surface area contributed by atoms with Crippen LogP contribution in [0.4, 0.5) is 8.78 Å². The molecule has 1 aliphatic carbocycles. The predicted octanol–water partition coefficient (Wildman–Crippen LogP) is 3.65. The third-order valence-corrected chi connectivity index (χ3v) is 4.96. The van der Waals surface area contributed by atoms with E-state index in [1.54, 1.807) is 0 Å². The normalized spacial score (nSPS) is 17.4. The molecule has 19 heavy (non-hydrogen) atoms. The van der Waals surface area contributed by atoms with Gasteiger partial charge in [0.25, 0.3) is 5.91 Å². The van der Waals surface area contributed by atoms with Crippen molar-refractivity contribution in [1.29, 1.82) is 0 Å². The Labute approximate surface area is 119 Å². The van der Waals surface area contributed by atoms with E-state index in [9.17, 15) is 13.6 Å². The lowest BCUT2D eigenvalue weighted by molar-refractivity contribution is 0.0930. The van der Waals surface area contributed by atoms with Gasteiger partial charge in [0.05, 0.1) is 5.56 Å². The standard InChI is InChI=1S/C14H16BrF2NO/c15-8-14(6-1-2-7-14)9-18-13(19)10-4-3-5-11(16)12(10)17/h3-5H,1-2,6-9H2,(H,18,19). The number of carbonyl (C=O) groups is 1. The van der Waals surface area contributed by atoms with Gasteiger partial charge in [-0.3, -0.25) is 4.79 Å². The first kappa shape index (κ1) is 14.4. The summed E-state index contributed by atoms with van der Waals surface area (Å²) in [4.78, 5) is 11.9. The average molecular weight is 332 g/mol. The van der Waals surface area contributed by atoms with Crippen LogP contribution in [0.5, 0.6) is 0 Å². The lowest BCUT2D eigenvalue weighted by Crippen LogP contribution is -2.37. The molecule has 5 heteroatoms. The molecule has 1 aromatic carbocycles. The number of rotatable bonds is 4. The molecule has 1 N–H and O–H groups in total. The fourth-order valence-electron chi connectivity index (χ4n) is 2.52. The van der Waals surface area contributed by atoms with Crippen LogP contribution < -0.4 is 5.32 Å². The molecule has 1 aliphatic rings. The summed E-state index contributed by atoms with van der Waals surface area (Å²) in [6, 6.07) is 3.63. The number of hydrogen-bond acceptors (Lipinski definition) is 1. The Hall–Kier alpha value is -0.970. The first-order valence-electron chi connectivity index (χ1n) is 6.36. The molecule has 1 saturated carbocycles. The Morgan fingerprint density at radius 2 is 2.00 bits per heavy atom. The van der Waals surface area contributed by atoms with Gasteiger partial charge in [0.1, 0.15) is 0 Å². The molecule has 0 heterocycles. The molecule has 0 spiro atoms. The van der Waals surface area contributed by atoms with E-state index < -0.39 is 17.5 Å². The number of alkyl halides is 1. The van der Waals surface area contributed by atoms with Crippen molar-refractivity contribution in [2.75, 3.05) is 11.9 Å². The van der Waals surface area contributed by atoms with E-state index in [1.165, 1.54) is 12.1 Å². The molecule has 0 aliphatic heterocycles. The summed E-state index contributed by atoms with van der Waals surface area (Å²) in [5.41, 5.74) is -0.179. The van der Waals surface area contributed by atoms with Crippen LogP contribution in [-0.2, 0) is 0 Å². The molecule has 2 rings (SSSR count). The minimum atomic E-state index is -1.08. The van der Waals surface area contributed by atoms with Crippen LogP contribution in [0.3, 0.4) is 0 Å². The number of carbonyl (C=O) groups excluding carboxylic acids is 1. The van der Waals surface area contributed by atoms with E-state index in [0.717, 1.165) is 37.1 Å². The SMILES string of the molecule is O=C(NCC1(CBr)CCCC1)c1cccc(F)c1F. The van der Waals surface area contributed by atoms with E-state index in [1.807, 2.05) is 0 Å². The van der Waals surface area contributed by atoms with Crippen molar-refractivity contribution in [2.24, 2.45) is 5.41 Å². The fraction of sp³-hybridized carbons (Fsp3) is 0.500. The van der Waals surface area contributed by atoms with Crippen molar-refractivity contribution in [2.45, 2.75) is 25.7 Å². The molecule has 0 bridgehead atoms. The van der Waals surface area contributed by atoms with Crippen LogP contribution in [0.2, 0.25) is 0 Å². The largest absolute Gasteiger partial charge is 0.351 e. The molecule has 1 amide bonds. The summed E-state index contributed by atoms with van der Waals surface area (Å²) in [7, 11) is 0. The maximum Gasteiger partial charge on any atom is 0.254 e. The summed E-state index contributed by atoms with van der Waals surface area (Å²) >= 11 is 3.48. The second-order valence-electron chi connectivity index (χ2n) is 5.12. The number of nitrogens with one attached hydrogen (secondary N) is 1.